The highest BCUT2D eigenvalue weighted by atomic mass is 32.2. The molecule has 142 valence electrons. The van der Waals surface area contributed by atoms with Gasteiger partial charge in [0.15, 0.2) is 5.96 Å². The van der Waals surface area contributed by atoms with Crippen LogP contribution in [0.2, 0.25) is 0 Å². The fraction of sp³-hybridized carbons (Fsp3) is 0.611. The topological polar surface area (TPSA) is 73.8 Å². The van der Waals surface area contributed by atoms with E-state index in [0.29, 0.717) is 17.4 Å². The molecule has 25 heavy (non-hydrogen) atoms. The number of rotatable bonds is 9. The van der Waals surface area contributed by atoms with Crippen molar-refractivity contribution in [1.82, 2.24) is 14.9 Å². The van der Waals surface area contributed by atoms with Gasteiger partial charge < -0.3 is 10.6 Å². The van der Waals surface area contributed by atoms with Gasteiger partial charge in [-0.25, -0.2) is 12.7 Å². The lowest BCUT2D eigenvalue weighted by Crippen LogP contribution is -2.37. The minimum atomic E-state index is -3.46. The zero-order valence-electron chi connectivity index (χ0n) is 16.0. The molecule has 0 amide bonds. The highest BCUT2D eigenvalue weighted by Crippen LogP contribution is 2.18. The van der Waals surface area contributed by atoms with Crippen LogP contribution in [0.15, 0.2) is 34.2 Å². The van der Waals surface area contributed by atoms with Gasteiger partial charge in [0.25, 0.3) is 0 Å². The Bertz CT molecular complexity index is 655. The van der Waals surface area contributed by atoms with Gasteiger partial charge in [-0.05, 0) is 24.0 Å². The first-order chi connectivity index (χ1) is 11.8. The Kier molecular flexibility index (Phi) is 8.92. The molecule has 1 aromatic carbocycles. The first kappa shape index (κ1) is 21.4. The Hall–Kier alpha value is -1.60. The van der Waals surface area contributed by atoms with Crippen LogP contribution in [0.4, 0.5) is 0 Å². The third-order valence-corrected chi connectivity index (χ3v) is 5.82. The molecule has 2 N–H and O–H groups in total. The van der Waals surface area contributed by atoms with Crippen molar-refractivity contribution in [2.45, 2.75) is 44.6 Å². The van der Waals surface area contributed by atoms with E-state index in [0.717, 1.165) is 24.4 Å². The van der Waals surface area contributed by atoms with Crippen LogP contribution in [0.1, 0.15) is 38.7 Å². The van der Waals surface area contributed by atoms with E-state index < -0.39 is 10.0 Å². The van der Waals surface area contributed by atoms with Gasteiger partial charge in [-0.1, -0.05) is 44.9 Å². The van der Waals surface area contributed by atoms with Gasteiger partial charge >= 0.3 is 0 Å². The third-order valence-electron chi connectivity index (χ3n) is 3.90. The fourth-order valence-electron chi connectivity index (χ4n) is 2.38. The molecule has 0 fully saturated rings. The normalized spacial score (nSPS) is 12.7. The maximum absolute atomic E-state index is 12.4. The van der Waals surface area contributed by atoms with Crippen LogP contribution in [-0.4, -0.2) is 46.4 Å². The zero-order chi connectivity index (χ0) is 18.9. The van der Waals surface area contributed by atoms with Crippen LogP contribution in [0.25, 0.3) is 0 Å². The Morgan fingerprint density at radius 1 is 1.16 bits per heavy atom. The van der Waals surface area contributed by atoms with Gasteiger partial charge in [-0.2, -0.15) is 0 Å². The maximum Gasteiger partial charge on any atom is 0.242 e. The fourth-order valence-corrected chi connectivity index (χ4v) is 3.50. The third kappa shape index (κ3) is 7.04. The van der Waals surface area contributed by atoms with E-state index in [4.69, 9.17) is 0 Å². The van der Waals surface area contributed by atoms with Crippen molar-refractivity contribution in [3.63, 3.8) is 0 Å². The lowest BCUT2D eigenvalue weighted by atomic mass is 10.1. The first-order valence-electron chi connectivity index (χ1n) is 8.74. The number of benzene rings is 1. The van der Waals surface area contributed by atoms with Crippen LogP contribution in [0.5, 0.6) is 0 Å². The number of unbranched alkanes of at least 4 members (excludes halogenated alkanes) is 1. The standard InChI is InChI=1S/C18H32N4O2S/c1-15(2)10-8-9-13-20-18(19-3)21-14-16-11-6-7-12-17(16)25(23,24)22(4)5/h6-7,11-12,15H,8-10,13-14H2,1-5H3,(H2,19,20,21). The molecule has 0 unspecified atom stereocenters. The predicted molar refractivity (Wildman–Crippen MR) is 104 cm³/mol. The molecule has 0 atom stereocenters. The molecule has 0 spiro atoms. The summed E-state index contributed by atoms with van der Waals surface area (Å²) >= 11 is 0. The van der Waals surface area contributed by atoms with E-state index >= 15 is 0 Å². The predicted octanol–water partition coefficient (Wildman–Crippen LogP) is 2.43. The second kappa shape index (κ2) is 10.4. The van der Waals surface area contributed by atoms with Gasteiger partial charge in [-0.3, -0.25) is 4.99 Å². The number of hydrogen-bond acceptors (Lipinski definition) is 3. The van der Waals surface area contributed by atoms with Crippen LogP contribution in [0.3, 0.4) is 0 Å². The lowest BCUT2D eigenvalue weighted by Gasteiger charge is -2.17. The minimum Gasteiger partial charge on any atom is -0.356 e. The van der Waals surface area contributed by atoms with Gasteiger partial charge in [0.1, 0.15) is 0 Å². The number of sulfonamides is 1. The summed E-state index contributed by atoms with van der Waals surface area (Å²) < 4.78 is 26.1. The molecule has 7 heteroatoms. The Labute approximate surface area is 152 Å². The SMILES string of the molecule is CN=C(NCCCCC(C)C)NCc1ccccc1S(=O)(=O)N(C)C. The van der Waals surface area contributed by atoms with Gasteiger partial charge in [0.05, 0.1) is 4.90 Å². The highest BCUT2D eigenvalue weighted by Gasteiger charge is 2.20. The van der Waals surface area contributed by atoms with E-state index in [1.807, 2.05) is 12.1 Å². The average molecular weight is 369 g/mol. The molecular weight excluding hydrogens is 336 g/mol. The maximum atomic E-state index is 12.4. The smallest absolute Gasteiger partial charge is 0.242 e. The monoisotopic (exact) mass is 368 g/mol. The van der Waals surface area contributed by atoms with Crippen LogP contribution in [0, 0.1) is 5.92 Å². The average Bonchev–Trinajstić information content (AvgIpc) is 2.57. The summed E-state index contributed by atoms with van der Waals surface area (Å²) in [5.74, 6) is 1.41. The number of aliphatic imine (C=N–C) groups is 1. The number of hydrogen-bond donors (Lipinski definition) is 2. The molecule has 0 bridgehead atoms. The van der Waals surface area contributed by atoms with Crippen molar-refractivity contribution in [2.24, 2.45) is 10.9 Å². The molecule has 1 aromatic rings. The van der Waals surface area contributed by atoms with E-state index in [1.165, 1.54) is 31.2 Å². The van der Waals surface area contributed by atoms with E-state index in [2.05, 4.69) is 29.5 Å². The summed E-state index contributed by atoms with van der Waals surface area (Å²) in [5, 5.41) is 6.47. The summed E-state index contributed by atoms with van der Waals surface area (Å²) in [4.78, 5) is 4.52. The highest BCUT2D eigenvalue weighted by molar-refractivity contribution is 7.89. The van der Waals surface area contributed by atoms with Gasteiger partial charge in [-0.15, -0.1) is 0 Å². The lowest BCUT2D eigenvalue weighted by molar-refractivity contribution is 0.519. The van der Waals surface area contributed by atoms with Crippen molar-refractivity contribution < 1.29 is 8.42 Å². The summed E-state index contributed by atoms with van der Waals surface area (Å²) in [6.07, 6.45) is 3.50. The molecule has 0 aromatic heterocycles. The molecule has 0 aliphatic carbocycles. The summed E-state index contributed by atoms with van der Waals surface area (Å²) in [6.45, 7) is 5.71. The Morgan fingerprint density at radius 3 is 2.44 bits per heavy atom. The molecule has 1 rings (SSSR count). The molecule has 6 nitrogen and oxygen atoms in total. The quantitative estimate of drug-likeness (QED) is 0.399. The second-order valence-corrected chi connectivity index (χ2v) is 8.76. The minimum absolute atomic E-state index is 0.319. The summed E-state index contributed by atoms with van der Waals surface area (Å²) in [6, 6.07) is 7.03. The molecular formula is C18H32N4O2S. The van der Waals surface area contributed by atoms with Crippen LogP contribution >= 0.6 is 0 Å². The molecule has 0 saturated heterocycles. The Balaban J connectivity index is 2.62. The van der Waals surface area contributed by atoms with Crippen LogP contribution < -0.4 is 10.6 Å². The van der Waals surface area contributed by atoms with Crippen molar-refractivity contribution in [3.8, 4) is 0 Å². The molecule has 0 aliphatic rings. The molecule has 0 radical (unpaired) electrons. The zero-order valence-corrected chi connectivity index (χ0v) is 16.9. The number of nitrogens with zero attached hydrogens (tertiary/aromatic N) is 2. The van der Waals surface area contributed by atoms with E-state index in [-0.39, 0.29) is 0 Å². The largest absolute Gasteiger partial charge is 0.356 e. The van der Waals surface area contributed by atoms with Gasteiger partial charge in [0.2, 0.25) is 10.0 Å². The summed E-state index contributed by atoms with van der Waals surface area (Å²) in [5.41, 5.74) is 0.721. The number of guanidine groups is 1. The first-order valence-corrected chi connectivity index (χ1v) is 10.2. The van der Waals surface area contributed by atoms with E-state index in [1.54, 1.807) is 19.2 Å². The van der Waals surface area contributed by atoms with Crippen molar-refractivity contribution in [1.29, 1.82) is 0 Å². The second-order valence-electron chi connectivity index (χ2n) is 6.64. The Morgan fingerprint density at radius 2 is 1.84 bits per heavy atom. The molecule has 0 aliphatic heterocycles. The van der Waals surface area contributed by atoms with E-state index in [9.17, 15) is 8.42 Å². The summed E-state index contributed by atoms with van der Waals surface area (Å²) in [7, 11) is 1.33. The molecule has 0 saturated carbocycles. The van der Waals surface area contributed by atoms with Crippen molar-refractivity contribution >= 4 is 16.0 Å². The van der Waals surface area contributed by atoms with Crippen molar-refractivity contribution in [2.75, 3.05) is 27.7 Å². The van der Waals surface area contributed by atoms with Crippen molar-refractivity contribution in [3.05, 3.63) is 29.8 Å². The van der Waals surface area contributed by atoms with Crippen LogP contribution in [-0.2, 0) is 16.6 Å². The van der Waals surface area contributed by atoms with Gasteiger partial charge in [0, 0.05) is 34.2 Å². The number of nitrogens with one attached hydrogen (secondary N) is 2. The molecule has 0 heterocycles.